The lowest BCUT2D eigenvalue weighted by molar-refractivity contribution is 0.661. The summed E-state index contributed by atoms with van der Waals surface area (Å²) >= 11 is 6.12. The molecular weight excluding hydrogens is 338 g/mol. The van der Waals surface area contributed by atoms with Crippen LogP contribution < -0.4 is 5.56 Å². The lowest BCUT2D eigenvalue weighted by Crippen LogP contribution is -2.25. The molecule has 6 heteroatoms. The second kappa shape index (κ2) is 7.40. The van der Waals surface area contributed by atoms with Crippen LogP contribution in [-0.2, 0) is 13.0 Å². The van der Waals surface area contributed by atoms with Crippen LogP contribution in [0, 0.1) is 11.8 Å². The number of hydrogen-bond donors (Lipinski definition) is 0. The summed E-state index contributed by atoms with van der Waals surface area (Å²) in [6, 6.07) is 16.7. The summed E-state index contributed by atoms with van der Waals surface area (Å²) in [5.74, 6) is 0.401. The number of aryl methyl sites for hydroxylation is 2. The van der Waals surface area contributed by atoms with Gasteiger partial charge in [0.1, 0.15) is 16.5 Å². The Balaban J connectivity index is 2.11. The summed E-state index contributed by atoms with van der Waals surface area (Å²) < 4.78 is 1.51. The molecule has 1 heterocycles. The highest BCUT2D eigenvalue weighted by Gasteiger charge is 2.17. The molecule has 0 amide bonds. The quantitative estimate of drug-likeness (QED) is 0.634. The zero-order valence-electron chi connectivity index (χ0n) is 13.6. The number of halogens is 1. The maximum Gasteiger partial charge on any atom is 0.272 e. The average molecular weight is 354 g/mol. The van der Waals surface area contributed by atoms with Crippen molar-refractivity contribution < 1.29 is 0 Å². The van der Waals surface area contributed by atoms with Crippen LogP contribution in [0.1, 0.15) is 11.3 Å². The highest BCUT2D eigenvalue weighted by Crippen LogP contribution is 2.29. The lowest BCUT2D eigenvalue weighted by Gasteiger charge is -2.15. The normalized spacial score (nSPS) is 10.6. The van der Waals surface area contributed by atoms with E-state index < -0.39 is 0 Å². The molecule has 0 saturated carbocycles. The van der Waals surface area contributed by atoms with Gasteiger partial charge in [0.2, 0.25) is 0 Å². The van der Waals surface area contributed by atoms with Crippen LogP contribution in [0.2, 0.25) is 5.02 Å². The molecule has 126 valence electrons. The van der Waals surface area contributed by atoms with Crippen molar-refractivity contribution in [1.82, 2.24) is 9.55 Å². The molecular formula is C19H16ClN3O2. The predicted octanol–water partition coefficient (Wildman–Crippen LogP) is 4.51. The molecule has 0 spiro atoms. The van der Waals surface area contributed by atoms with Gasteiger partial charge in [-0.25, -0.2) is 4.98 Å². The lowest BCUT2D eigenvalue weighted by atomic mass is 10.1. The van der Waals surface area contributed by atoms with Gasteiger partial charge in [0.05, 0.1) is 5.69 Å². The van der Waals surface area contributed by atoms with Crippen molar-refractivity contribution in [2.24, 2.45) is 5.18 Å². The van der Waals surface area contributed by atoms with E-state index in [1.807, 2.05) is 30.3 Å². The number of aromatic nitrogens is 2. The molecule has 0 aliphatic carbocycles. The van der Waals surface area contributed by atoms with Gasteiger partial charge in [-0.05, 0) is 36.2 Å². The molecule has 0 unspecified atom stereocenters. The zero-order chi connectivity index (χ0) is 17.8. The maximum atomic E-state index is 12.7. The van der Waals surface area contributed by atoms with Crippen molar-refractivity contribution in [3.05, 3.63) is 86.1 Å². The van der Waals surface area contributed by atoms with Gasteiger partial charge in [0.15, 0.2) is 0 Å². The van der Waals surface area contributed by atoms with Crippen LogP contribution in [0.15, 0.2) is 64.6 Å². The Kier molecular flexibility index (Phi) is 5.05. The Labute approximate surface area is 149 Å². The summed E-state index contributed by atoms with van der Waals surface area (Å²) in [5, 5.41) is 3.14. The summed E-state index contributed by atoms with van der Waals surface area (Å²) in [6.45, 7) is 2.07. The molecule has 3 aromatic rings. The molecule has 3 rings (SSSR count). The number of nitroso groups, excluding NO2 is 1. The first-order valence-corrected chi connectivity index (χ1v) is 8.23. The van der Waals surface area contributed by atoms with Crippen molar-refractivity contribution in [3.8, 4) is 11.4 Å². The Morgan fingerprint density at radius 3 is 2.48 bits per heavy atom. The molecule has 5 nitrogen and oxygen atoms in total. The first-order valence-electron chi connectivity index (χ1n) is 7.85. The molecule has 1 aromatic heterocycles. The topological polar surface area (TPSA) is 64.3 Å². The smallest absolute Gasteiger partial charge is 0.272 e. The molecule has 2 aromatic carbocycles. The van der Waals surface area contributed by atoms with E-state index >= 15 is 0 Å². The van der Waals surface area contributed by atoms with E-state index in [0.29, 0.717) is 30.0 Å². The first-order chi connectivity index (χ1) is 12.1. The van der Waals surface area contributed by atoms with Crippen LogP contribution in [-0.4, -0.2) is 9.55 Å². The maximum absolute atomic E-state index is 12.7. The van der Waals surface area contributed by atoms with Crippen molar-refractivity contribution in [2.45, 2.75) is 19.9 Å². The highest BCUT2D eigenvalue weighted by molar-refractivity contribution is 6.31. The minimum Gasteiger partial charge on any atom is -0.291 e. The van der Waals surface area contributed by atoms with Gasteiger partial charge in [-0.2, -0.15) is 0 Å². The molecule has 0 radical (unpaired) electrons. The second-order valence-electron chi connectivity index (χ2n) is 5.64. The van der Waals surface area contributed by atoms with Crippen molar-refractivity contribution >= 4 is 17.3 Å². The van der Waals surface area contributed by atoms with E-state index in [1.54, 1.807) is 31.2 Å². The van der Waals surface area contributed by atoms with Crippen LogP contribution >= 0.6 is 11.6 Å². The molecule has 0 aliphatic rings. The molecule has 0 fully saturated rings. The standard InChI is InChI=1S/C19H16ClN3O2/c1-13-17(20)19(24)23(12-11-14-7-3-2-4-8-14)18(21-13)15-9-5-6-10-16(15)22-25/h2-10H,11-12H2,1H3. The van der Waals surface area contributed by atoms with Crippen LogP contribution in [0.3, 0.4) is 0 Å². The fourth-order valence-corrected chi connectivity index (χ4v) is 2.82. The molecule has 0 aliphatic heterocycles. The summed E-state index contributed by atoms with van der Waals surface area (Å²) in [5.41, 5.74) is 1.96. The zero-order valence-corrected chi connectivity index (χ0v) is 14.4. The molecule has 0 saturated heterocycles. The number of hydrogen-bond acceptors (Lipinski definition) is 4. The number of rotatable bonds is 5. The first kappa shape index (κ1) is 17.0. The molecule has 0 bridgehead atoms. The van der Waals surface area contributed by atoms with E-state index in [2.05, 4.69) is 10.2 Å². The Morgan fingerprint density at radius 1 is 1.08 bits per heavy atom. The van der Waals surface area contributed by atoms with Gasteiger partial charge < -0.3 is 0 Å². The highest BCUT2D eigenvalue weighted by atomic mass is 35.5. The average Bonchev–Trinajstić information content (AvgIpc) is 2.66. The van der Waals surface area contributed by atoms with E-state index in [9.17, 15) is 9.70 Å². The van der Waals surface area contributed by atoms with Crippen LogP contribution in [0.5, 0.6) is 0 Å². The summed E-state index contributed by atoms with van der Waals surface area (Å²) in [7, 11) is 0. The molecule has 0 N–H and O–H groups in total. The van der Waals surface area contributed by atoms with Crippen molar-refractivity contribution in [3.63, 3.8) is 0 Å². The van der Waals surface area contributed by atoms with Crippen molar-refractivity contribution in [2.75, 3.05) is 0 Å². The summed E-state index contributed by atoms with van der Waals surface area (Å²) in [4.78, 5) is 28.3. The minimum atomic E-state index is -0.319. The van der Waals surface area contributed by atoms with E-state index in [-0.39, 0.29) is 16.3 Å². The fourth-order valence-electron chi connectivity index (χ4n) is 2.68. The van der Waals surface area contributed by atoms with Gasteiger partial charge >= 0.3 is 0 Å². The Bertz CT molecular complexity index is 968. The monoisotopic (exact) mass is 353 g/mol. The number of benzene rings is 2. The number of nitrogens with zero attached hydrogens (tertiary/aromatic N) is 3. The minimum absolute atomic E-state index is 0.0911. The third-order valence-electron chi connectivity index (χ3n) is 3.99. The Hall–Kier alpha value is -2.79. The van der Waals surface area contributed by atoms with Gasteiger partial charge in [-0.15, -0.1) is 4.91 Å². The molecule has 25 heavy (non-hydrogen) atoms. The third-order valence-corrected chi connectivity index (χ3v) is 4.43. The Morgan fingerprint density at radius 2 is 1.76 bits per heavy atom. The van der Waals surface area contributed by atoms with Gasteiger partial charge in [-0.1, -0.05) is 54.1 Å². The fraction of sp³-hybridized carbons (Fsp3) is 0.158. The molecule has 0 atom stereocenters. The summed E-state index contributed by atoms with van der Waals surface area (Å²) in [6.07, 6.45) is 0.644. The van der Waals surface area contributed by atoms with Crippen LogP contribution in [0.25, 0.3) is 11.4 Å². The van der Waals surface area contributed by atoms with Gasteiger partial charge in [0.25, 0.3) is 5.56 Å². The van der Waals surface area contributed by atoms with Gasteiger partial charge in [-0.3, -0.25) is 9.36 Å². The van der Waals surface area contributed by atoms with E-state index in [0.717, 1.165) is 5.56 Å². The second-order valence-corrected chi connectivity index (χ2v) is 6.01. The van der Waals surface area contributed by atoms with E-state index in [4.69, 9.17) is 11.6 Å². The van der Waals surface area contributed by atoms with Crippen molar-refractivity contribution in [1.29, 1.82) is 0 Å². The van der Waals surface area contributed by atoms with Gasteiger partial charge in [0, 0.05) is 12.1 Å². The largest absolute Gasteiger partial charge is 0.291 e. The third kappa shape index (κ3) is 3.51. The SMILES string of the molecule is Cc1nc(-c2ccccc2N=O)n(CCc2ccccc2)c(=O)c1Cl. The van der Waals surface area contributed by atoms with E-state index in [1.165, 1.54) is 4.57 Å². The van der Waals surface area contributed by atoms with Crippen LogP contribution in [0.4, 0.5) is 5.69 Å². The predicted molar refractivity (Wildman–Crippen MR) is 99.3 cm³/mol.